The Bertz CT molecular complexity index is 885. The van der Waals surface area contributed by atoms with Crippen molar-refractivity contribution in [1.29, 1.82) is 0 Å². The van der Waals surface area contributed by atoms with Crippen molar-refractivity contribution >= 4 is 37.6 Å². The highest BCUT2D eigenvalue weighted by Crippen LogP contribution is 2.25. The first-order chi connectivity index (χ1) is 11.2. The Morgan fingerprint density at radius 3 is 2.58 bits per heavy atom. The Morgan fingerprint density at radius 1 is 1.29 bits per heavy atom. The van der Waals surface area contributed by atoms with E-state index in [1.54, 1.807) is 6.92 Å². The number of nitrogens with one attached hydrogen (secondary N) is 1. The van der Waals surface area contributed by atoms with Crippen molar-refractivity contribution in [3.05, 3.63) is 52.3 Å². The summed E-state index contributed by atoms with van der Waals surface area (Å²) >= 11 is 3.09. The summed E-state index contributed by atoms with van der Waals surface area (Å²) in [6.07, 6.45) is 0. The van der Waals surface area contributed by atoms with Crippen LogP contribution in [0.15, 0.2) is 45.8 Å². The van der Waals surface area contributed by atoms with Crippen LogP contribution in [0.2, 0.25) is 0 Å². The first kappa shape index (κ1) is 18.2. The average Bonchev–Trinajstić information content (AvgIpc) is 2.48. The molecular weight excluding hydrogens is 405 g/mol. The number of carboxylic acids is 1. The molecule has 2 aromatic rings. The summed E-state index contributed by atoms with van der Waals surface area (Å²) in [4.78, 5) is 10.4. The number of rotatable bonds is 6. The molecule has 6 nitrogen and oxygen atoms in total. The van der Waals surface area contributed by atoms with Crippen molar-refractivity contribution in [3.8, 4) is 5.75 Å². The van der Waals surface area contributed by atoms with Gasteiger partial charge in [0.15, 0.2) is 6.61 Å². The second-order valence-electron chi connectivity index (χ2n) is 4.84. The second kappa shape index (κ2) is 7.18. The van der Waals surface area contributed by atoms with Gasteiger partial charge < -0.3 is 9.84 Å². The predicted octanol–water partition coefficient (Wildman–Crippen LogP) is 3.16. The first-order valence-corrected chi connectivity index (χ1v) is 8.90. The quantitative estimate of drug-likeness (QED) is 0.752. The van der Waals surface area contributed by atoms with Crippen LogP contribution in [0.25, 0.3) is 0 Å². The highest BCUT2D eigenvalue weighted by atomic mass is 79.9. The third-order valence-electron chi connectivity index (χ3n) is 2.98. The van der Waals surface area contributed by atoms with E-state index in [4.69, 9.17) is 9.84 Å². The zero-order chi connectivity index (χ0) is 17.9. The minimum Gasteiger partial charge on any atom is -0.482 e. The lowest BCUT2D eigenvalue weighted by atomic mass is 10.2. The van der Waals surface area contributed by atoms with Gasteiger partial charge in [0.05, 0.1) is 10.6 Å². The number of halogens is 2. The number of anilines is 1. The molecule has 0 spiro atoms. The van der Waals surface area contributed by atoms with Crippen LogP contribution in [0.3, 0.4) is 0 Å². The third kappa shape index (κ3) is 4.45. The van der Waals surface area contributed by atoms with Gasteiger partial charge in [0.2, 0.25) is 0 Å². The molecule has 0 fully saturated rings. The number of carboxylic acid groups (broad SMARTS) is 1. The third-order valence-corrected chi connectivity index (χ3v) is 4.84. The number of carbonyl (C=O) groups is 1. The number of benzene rings is 2. The van der Waals surface area contributed by atoms with Crippen molar-refractivity contribution in [2.75, 3.05) is 11.3 Å². The SMILES string of the molecule is Cc1cc(S(=O)(=O)Nc2ccc(Br)cc2F)ccc1OCC(=O)O. The number of ether oxygens (including phenoxy) is 1. The van der Waals surface area contributed by atoms with Crippen LogP contribution in [0.4, 0.5) is 10.1 Å². The highest BCUT2D eigenvalue weighted by molar-refractivity contribution is 9.10. The van der Waals surface area contributed by atoms with Gasteiger partial charge >= 0.3 is 5.97 Å². The van der Waals surface area contributed by atoms with Crippen molar-refractivity contribution < 1.29 is 27.4 Å². The van der Waals surface area contributed by atoms with Crippen LogP contribution in [0, 0.1) is 12.7 Å². The van der Waals surface area contributed by atoms with Crippen LogP contribution in [0.1, 0.15) is 5.56 Å². The van der Waals surface area contributed by atoms with E-state index >= 15 is 0 Å². The fraction of sp³-hybridized carbons (Fsp3) is 0.133. The van der Waals surface area contributed by atoms with Gasteiger partial charge in [-0.05, 0) is 48.9 Å². The van der Waals surface area contributed by atoms with Crippen molar-refractivity contribution in [1.82, 2.24) is 0 Å². The van der Waals surface area contributed by atoms with Crippen LogP contribution in [-0.4, -0.2) is 26.1 Å². The molecule has 0 atom stereocenters. The van der Waals surface area contributed by atoms with E-state index in [1.165, 1.54) is 30.3 Å². The van der Waals surface area contributed by atoms with Crippen LogP contribution in [-0.2, 0) is 14.8 Å². The fourth-order valence-corrected chi connectivity index (χ4v) is 3.35. The molecule has 0 unspecified atom stereocenters. The molecule has 2 aromatic carbocycles. The Hall–Kier alpha value is -2.13. The van der Waals surface area contributed by atoms with E-state index < -0.39 is 28.4 Å². The van der Waals surface area contributed by atoms with Crippen LogP contribution in [0.5, 0.6) is 5.75 Å². The lowest BCUT2D eigenvalue weighted by Gasteiger charge is -2.12. The molecule has 9 heteroatoms. The van der Waals surface area contributed by atoms with Gasteiger partial charge in [-0.25, -0.2) is 17.6 Å². The highest BCUT2D eigenvalue weighted by Gasteiger charge is 2.18. The number of hydrogen-bond acceptors (Lipinski definition) is 4. The zero-order valence-corrected chi connectivity index (χ0v) is 14.8. The van der Waals surface area contributed by atoms with Gasteiger partial charge in [0.1, 0.15) is 11.6 Å². The van der Waals surface area contributed by atoms with Gasteiger partial charge in [-0.3, -0.25) is 4.72 Å². The molecule has 24 heavy (non-hydrogen) atoms. The molecule has 0 saturated carbocycles. The molecule has 0 aliphatic carbocycles. The topological polar surface area (TPSA) is 92.7 Å². The standard InChI is InChI=1S/C15H13BrFNO5S/c1-9-6-11(3-5-14(9)23-8-15(19)20)24(21,22)18-13-4-2-10(16)7-12(13)17/h2-7,18H,8H2,1H3,(H,19,20). The van der Waals surface area contributed by atoms with Gasteiger partial charge in [-0.15, -0.1) is 0 Å². The summed E-state index contributed by atoms with van der Waals surface area (Å²) < 4.78 is 46.2. The van der Waals surface area contributed by atoms with E-state index in [0.29, 0.717) is 10.0 Å². The number of aryl methyl sites for hydroxylation is 1. The molecule has 0 aliphatic rings. The molecule has 0 heterocycles. The molecule has 128 valence electrons. The lowest BCUT2D eigenvalue weighted by Crippen LogP contribution is -2.15. The van der Waals surface area contributed by atoms with E-state index in [2.05, 4.69) is 20.7 Å². The summed E-state index contributed by atoms with van der Waals surface area (Å²) in [6, 6.07) is 7.87. The minimum atomic E-state index is -4.00. The average molecular weight is 418 g/mol. The number of sulfonamides is 1. The molecule has 0 aromatic heterocycles. The molecule has 2 N–H and O–H groups in total. The number of hydrogen-bond donors (Lipinski definition) is 2. The second-order valence-corrected chi connectivity index (χ2v) is 7.44. The molecule has 0 bridgehead atoms. The Kier molecular flexibility index (Phi) is 5.45. The fourth-order valence-electron chi connectivity index (χ4n) is 1.87. The summed E-state index contributed by atoms with van der Waals surface area (Å²) in [6.45, 7) is 1.05. The molecule has 0 radical (unpaired) electrons. The maximum atomic E-state index is 13.8. The Balaban J connectivity index is 2.26. The molecule has 0 amide bonds. The first-order valence-electron chi connectivity index (χ1n) is 6.62. The monoisotopic (exact) mass is 417 g/mol. The van der Waals surface area contributed by atoms with E-state index in [1.807, 2.05) is 0 Å². The molecule has 0 aliphatic heterocycles. The van der Waals surface area contributed by atoms with Crippen LogP contribution < -0.4 is 9.46 Å². The van der Waals surface area contributed by atoms with Crippen molar-refractivity contribution in [2.24, 2.45) is 0 Å². The summed E-state index contributed by atoms with van der Waals surface area (Å²) in [5.41, 5.74) is 0.262. The molecular formula is C15H13BrFNO5S. The van der Waals surface area contributed by atoms with Gasteiger partial charge in [-0.2, -0.15) is 0 Å². The minimum absolute atomic E-state index is 0.0926. The van der Waals surface area contributed by atoms with Crippen LogP contribution >= 0.6 is 15.9 Å². The maximum Gasteiger partial charge on any atom is 0.341 e. The summed E-state index contributed by atoms with van der Waals surface area (Å²) in [7, 11) is -4.00. The smallest absolute Gasteiger partial charge is 0.341 e. The van der Waals surface area contributed by atoms with Crippen molar-refractivity contribution in [3.63, 3.8) is 0 Å². The Labute approximate surface area is 146 Å². The zero-order valence-electron chi connectivity index (χ0n) is 12.4. The van der Waals surface area contributed by atoms with E-state index in [9.17, 15) is 17.6 Å². The largest absolute Gasteiger partial charge is 0.482 e. The summed E-state index contributed by atoms with van der Waals surface area (Å²) in [5, 5.41) is 8.59. The van der Waals surface area contributed by atoms with Gasteiger partial charge in [0, 0.05) is 4.47 Å². The number of aliphatic carboxylic acids is 1. The van der Waals surface area contributed by atoms with Crippen molar-refractivity contribution in [2.45, 2.75) is 11.8 Å². The van der Waals surface area contributed by atoms with E-state index in [-0.39, 0.29) is 16.3 Å². The Morgan fingerprint density at radius 2 is 2.00 bits per heavy atom. The summed E-state index contributed by atoms with van der Waals surface area (Å²) in [5.74, 6) is -1.60. The molecule has 2 rings (SSSR count). The predicted molar refractivity (Wildman–Crippen MR) is 89.2 cm³/mol. The van der Waals surface area contributed by atoms with Gasteiger partial charge in [0.25, 0.3) is 10.0 Å². The normalized spacial score (nSPS) is 11.1. The maximum absolute atomic E-state index is 13.8. The van der Waals surface area contributed by atoms with E-state index in [0.717, 1.165) is 6.07 Å². The van der Waals surface area contributed by atoms with Gasteiger partial charge in [-0.1, -0.05) is 15.9 Å². The molecule has 0 saturated heterocycles. The lowest BCUT2D eigenvalue weighted by molar-refractivity contribution is -0.139.